The Kier molecular flexibility index (Phi) is 6.89. The molecule has 3 aliphatic heterocycles. The molecule has 7 rings (SSSR count). The van der Waals surface area contributed by atoms with Gasteiger partial charge in [0, 0.05) is 54.8 Å². The maximum absolute atomic E-state index is 16.5. The zero-order valence-corrected chi connectivity index (χ0v) is 24.2. The molecule has 5 heterocycles. The number of halogens is 4. The lowest BCUT2D eigenvalue weighted by Gasteiger charge is -2.31. The van der Waals surface area contributed by atoms with Gasteiger partial charge in [-0.15, -0.1) is 0 Å². The monoisotopic (exact) mass is 598 g/mol. The second kappa shape index (κ2) is 10.5. The number of pyridine rings is 1. The summed E-state index contributed by atoms with van der Waals surface area (Å²) in [7, 11) is 1.95. The van der Waals surface area contributed by atoms with Crippen molar-refractivity contribution in [1.29, 1.82) is 0 Å². The van der Waals surface area contributed by atoms with Gasteiger partial charge in [0.1, 0.15) is 29.8 Å². The van der Waals surface area contributed by atoms with Crippen molar-refractivity contribution in [3.05, 3.63) is 52.4 Å². The van der Waals surface area contributed by atoms with Gasteiger partial charge in [0.2, 0.25) is 0 Å². The van der Waals surface area contributed by atoms with Crippen LogP contribution in [-0.4, -0.2) is 77.4 Å². The average molecular weight is 600 g/mol. The van der Waals surface area contributed by atoms with Crippen molar-refractivity contribution in [3.63, 3.8) is 0 Å². The van der Waals surface area contributed by atoms with Gasteiger partial charge in [-0.1, -0.05) is 41.4 Å². The molecule has 0 aliphatic carbocycles. The van der Waals surface area contributed by atoms with E-state index in [4.69, 9.17) is 32.9 Å². The van der Waals surface area contributed by atoms with E-state index in [2.05, 4.69) is 20.2 Å². The van der Waals surface area contributed by atoms with Crippen LogP contribution in [0, 0.1) is 5.82 Å². The summed E-state index contributed by atoms with van der Waals surface area (Å²) in [4.78, 5) is 18.1. The highest BCUT2D eigenvalue weighted by atomic mass is 35.5. The van der Waals surface area contributed by atoms with Gasteiger partial charge in [-0.25, -0.2) is 8.78 Å². The second-order valence-electron chi connectivity index (χ2n) is 11.4. The molecule has 0 bridgehead atoms. The minimum absolute atomic E-state index is 0.0765. The topological polar surface area (TPSA) is 66.4 Å². The molecule has 4 aromatic rings. The van der Waals surface area contributed by atoms with Crippen LogP contribution in [0.2, 0.25) is 10.0 Å². The summed E-state index contributed by atoms with van der Waals surface area (Å²) in [5.41, 5.74) is 0.414. The normalized spacial score (nSPS) is 24.4. The van der Waals surface area contributed by atoms with Crippen LogP contribution in [0.3, 0.4) is 0 Å². The third-order valence-corrected chi connectivity index (χ3v) is 9.46. The van der Waals surface area contributed by atoms with Crippen molar-refractivity contribution in [2.75, 3.05) is 44.7 Å². The summed E-state index contributed by atoms with van der Waals surface area (Å²) in [6.07, 6.45) is 3.96. The molecular formula is C30H30Cl2F2N6O. The van der Waals surface area contributed by atoms with Crippen molar-refractivity contribution < 1.29 is 13.5 Å². The molecule has 0 saturated carbocycles. The number of alkyl halides is 1. The molecule has 3 aliphatic rings. The first-order chi connectivity index (χ1) is 19.8. The van der Waals surface area contributed by atoms with Gasteiger partial charge in [-0.3, -0.25) is 9.88 Å². The number of benzene rings is 2. The van der Waals surface area contributed by atoms with Crippen molar-refractivity contribution in [2.24, 2.45) is 0 Å². The lowest BCUT2D eigenvalue weighted by molar-refractivity contribution is 0.107. The molecule has 2 aromatic carbocycles. The SMILES string of the molecule is CN(c1nc(OC[C@@]23CCCN2C[C@H](F)C3)nc2c(F)c(-c3cccc4cc(Cl)cc(Cl)c34)ncc12)[C@@H]1CCNC1. The number of hydrogen-bond acceptors (Lipinski definition) is 7. The summed E-state index contributed by atoms with van der Waals surface area (Å²) >= 11 is 12.8. The van der Waals surface area contributed by atoms with Gasteiger partial charge < -0.3 is 15.0 Å². The second-order valence-corrected chi connectivity index (χ2v) is 12.3. The van der Waals surface area contributed by atoms with Crippen LogP contribution >= 0.6 is 23.2 Å². The standard InChI is InChI=1S/C30H30Cl2F2N6O/c1-39(20-6-8-35-13-20)28-22-14-36-26(21-5-2-4-17-10-18(31)11-23(32)24(17)21)25(34)27(22)37-29(38-28)41-16-30-7-3-9-40(30)15-19(33)12-30/h2,4-5,10-11,14,19-20,35H,3,6-9,12-13,15-16H2,1H3/t19-,20-,30+/m1/s1. The van der Waals surface area contributed by atoms with Crippen LogP contribution in [0.15, 0.2) is 36.5 Å². The molecule has 214 valence electrons. The highest BCUT2D eigenvalue weighted by molar-refractivity contribution is 6.39. The molecule has 2 aromatic heterocycles. The lowest BCUT2D eigenvalue weighted by atomic mass is 9.95. The van der Waals surface area contributed by atoms with Crippen molar-refractivity contribution in [3.8, 4) is 17.3 Å². The number of aromatic nitrogens is 3. The third-order valence-electron chi connectivity index (χ3n) is 8.94. The molecule has 1 N–H and O–H groups in total. The summed E-state index contributed by atoms with van der Waals surface area (Å²) in [5.74, 6) is -0.0345. The van der Waals surface area contributed by atoms with Crippen LogP contribution in [-0.2, 0) is 0 Å². The fourth-order valence-electron chi connectivity index (χ4n) is 6.87. The summed E-state index contributed by atoms with van der Waals surface area (Å²) in [6, 6.07) is 9.17. The zero-order chi connectivity index (χ0) is 28.3. The van der Waals surface area contributed by atoms with E-state index in [0.717, 1.165) is 44.3 Å². The minimum Gasteiger partial charge on any atom is -0.461 e. The number of nitrogens with zero attached hydrogens (tertiary/aromatic N) is 5. The van der Waals surface area contributed by atoms with E-state index < -0.39 is 12.0 Å². The number of hydrogen-bond donors (Lipinski definition) is 1. The van der Waals surface area contributed by atoms with Gasteiger partial charge in [-0.05, 0) is 49.9 Å². The maximum Gasteiger partial charge on any atom is 0.319 e. The van der Waals surface area contributed by atoms with Gasteiger partial charge in [0.15, 0.2) is 5.82 Å². The van der Waals surface area contributed by atoms with E-state index in [-0.39, 0.29) is 35.4 Å². The Morgan fingerprint density at radius 3 is 2.95 bits per heavy atom. The molecule has 41 heavy (non-hydrogen) atoms. The molecule has 11 heteroatoms. The van der Waals surface area contributed by atoms with E-state index >= 15 is 4.39 Å². The lowest BCUT2D eigenvalue weighted by Crippen LogP contribution is -2.43. The molecule has 0 amide bonds. The van der Waals surface area contributed by atoms with Crippen molar-refractivity contribution >= 4 is 50.7 Å². The fraction of sp³-hybridized carbons (Fsp3) is 0.433. The van der Waals surface area contributed by atoms with Crippen LogP contribution in [0.4, 0.5) is 14.6 Å². The Morgan fingerprint density at radius 1 is 1.24 bits per heavy atom. The molecule has 3 atom stereocenters. The molecule has 3 fully saturated rings. The quantitative estimate of drug-likeness (QED) is 0.290. The predicted octanol–water partition coefficient (Wildman–Crippen LogP) is 6.04. The van der Waals surface area contributed by atoms with Crippen LogP contribution in [0.5, 0.6) is 6.01 Å². The molecule has 3 saturated heterocycles. The van der Waals surface area contributed by atoms with Gasteiger partial charge in [0.05, 0.1) is 15.9 Å². The average Bonchev–Trinajstić information content (AvgIpc) is 3.68. The first-order valence-corrected chi connectivity index (χ1v) is 14.8. The number of ether oxygens (including phenoxy) is 1. The van der Waals surface area contributed by atoms with Gasteiger partial charge >= 0.3 is 6.01 Å². The molecule has 7 nitrogen and oxygen atoms in total. The van der Waals surface area contributed by atoms with E-state index in [1.54, 1.807) is 24.4 Å². The first-order valence-electron chi connectivity index (χ1n) is 14.0. The van der Waals surface area contributed by atoms with Crippen LogP contribution in [0.25, 0.3) is 32.9 Å². The Morgan fingerprint density at radius 2 is 2.12 bits per heavy atom. The smallest absolute Gasteiger partial charge is 0.319 e. The largest absolute Gasteiger partial charge is 0.461 e. The Hall–Kier alpha value is -2.85. The van der Waals surface area contributed by atoms with Crippen LogP contribution in [0.1, 0.15) is 25.7 Å². The molecule has 0 spiro atoms. The summed E-state index contributed by atoms with van der Waals surface area (Å²) in [5, 5.41) is 6.22. The Bertz CT molecular complexity index is 1650. The molecular weight excluding hydrogens is 569 g/mol. The van der Waals surface area contributed by atoms with Gasteiger partial charge in [0.25, 0.3) is 0 Å². The summed E-state index contributed by atoms with van der Waals surface area (Å²) < 4.78 is 37.1. The first kappa shape index (κ1) is 27.0. The van der Waals surface area contributed by atoms with E-state index in [0.29, 0.717) is 45.2 Å². The minimum atomic E-state index is -0.874. The number of rotatable bonds is 6. The van der Waals surface area contributed by atoms with Gasteiger partial charge in [-0.2, -0.15) is 9.97 Å². The third kappa shape index (κ3) is 4.67. The number of nitrogens with one attached hydrogen (secondary N) is 1. The van der Waals surface area contributed by atoms with Crippen molar-refractivity contribution in [2.45, 2.75) is 43.4 Å². The number of anilines is 1. The zero-order valence-electron chi connectivity index (χ0n) is 22.6. The van der Waals surface area contributed by atoms with Crippen molar-refractivity contribution in [1.82, 2.24) is 25.2 Å². The molecule has 0 unspecified atom stereocenters. The number of likely N-dealkylation sites (N-methyl/N-ethyl adjacent to an activating group) is 1. The van der Waals surface area contributed by atoms with E-state index in [1.165, 1.54) is 0 Å². The fourth-order valence-corrected chi connectivity index (χ4v) is 7.48. The van der Waals surface area contributed by atoms with E-state index in [1.807, 2.05) is 24.1 Å². The summed E-state index contributed by atoms with van der Waals surface area (Å²) in [6.45, 7) is 3.22. The van der Waals surface area contributed by atoms with Crippen LogP contribution < -0.4 is 15.0 Å². The highest BCUT2D eigenvalue weighted by Crippen LogP contribution is 2.41. The number of fused-ring (bicyclic) bond motifs is 3. The molecule has 0 radical (unpaired) electrons. The van der Waals surface area contributed by atoms with E-state index in [9.17, 15) is 4.39 Å². The Labute approximate surface area is 246 Å². The highest BCUT2D eigenvalue weighted by Gasteiger charge is 2.49. The Balaban J connectivity index is 1.35. The maximum atomic E-state index is 16.5. The predicted molar refractivity (Wildman–Crippen MR) is 158 cm³/mol.